The first kappa shape index (κ1) is 38.0. The Morgan fingerprint density at radius 1 is 1.02 bits per heavy atom. The Morgan fingerprint density at radius 3 is 2.35 bits per heavy atom. The number of Topliss-reactive ketones (excluding diaryl/α,β-unsaturated/α-hetero) is 1. The fourth-order valence-corrected chi connectivity index (χ4v) is 8.57. The van der Waals surface area contributed by atoms with Crippen molar-refractivity contribution in [2.75, 3.05) is 27.1 Å². The molecule has 2 aliphatic carbocycles. The van der Waals surface area contributed by atoms with E-state index in [4.69, 9.17) is 28.1 Å². The highest BCUT2D eigenvalue weighted by atomic mass is 28.4. The minimum Gasteiger partial charge on any atom is -0.417 e. The van der Waals surface area contributed by atoms with Gasteiger partial charge >= 0.3 is 0 Å². The predicted octanol–water partition coefficient (Wildman–Crippen LogP) is 7.77. The summed E-state index contributed by atoms with van der Waals surface area (Å²) in [5.74, 6) is -0.808. The molecule has 1 saturated carbocycles. The Hall–Kier alpha value is -2.21. The first-order chi connectivity index (χ1) is 23.2. The summed E-state index contributed by atoms with van der Waals surface area (Å²) >= 11 is 0. The summed E-state index contributed by atoms with van der Waals surface area (Å²) in [4.78, 5) is 14.1. The van der Waals surface area contributed by atoms with Crippen LogP contribution in [0, 0.1) is 17.3 Å². The average Bonchev–Trinajstić information content (AvgIpc) is 3.37. The van der Waals surface area contributed by atoms with Gasteiger partial charge in [-0.05, 0) is 54.8 Å². The number of benzene rings is 2. The summed E-state index contributed by atoms with van der Waals surface area (Å²) in [6.45, 7) is 16.6. The molecular weight excluding hydrogens is 637 g/mol. The number of allylic oxidation sites excluding steroid dienone is 1. The number of aliphatic hydroxyl groups excluding tert-OH is 1. The maximum atomic E-state index is 14.1. The lowest BCUT2D eigenvalue weighted by atomic mass is 9.73. The summed E-state index contributed by atoms with van der Waals surface area (Å²) in [5, 5.41) is 11.8. The second kappa shape index (κ2) is 15.6. The summed E-state index contributed by atoms with van der Waals surface area (Å²) in [5.41, 5.74) is 1.80. The molecule has 49 heavy (non-hydrogen) atoms. The molecule has 3 aliphatic rings. The Bertz CT molecular complexity index is 1400. The van der Waals surface area contributed by atoms with Gasteiger partial charge in [-0.15, -0.1) is 0 Å². The standard InChI is InChI=1S/C40H58O8Si/c1-38(2,3)49(7,8)47-22-21-34-40(46-25-28-15-11-9-12-16-28,26-44-37(48-34)29-17-13-10-14-18-29)31-23-30-19-20-32(39(30,4)5)36(45-27-43-6)35(42)33(41)24-31/h9-18,23,31-34,36-37,41H,19-22,24-27H2,1-8H3/b30-23+/t31-,32+,33+,34+,36+,37+,40+/m0/s1. The highest BCUT2D eigenvalue weighted by Gasteiger charge is 2.55. The summed E-state index contributed by atoms with van der Waals surface area (Å²) in [6, 6.07) is 20.0. The fraction of sp³-hybridized carbons (Fsp3) is 0.625. The molecule has 2 fully saturated rings. The van der Waals surface area contributed by atoms with Gasteiger partial charge in [0.1, 0.15) is 24.6 Å². The lowest BCUT2D eigenvalue weighted by molar-refractivity contribution is -0.320. The molecule has 1 heterocycles. The van der Waals surface area contributed by atoms with Gasteiger partial charge in [-0.2, -0.15) is 0 Å². The predicted molar refractivity (Wildman–Crippen MR) is 192 cm³/mol. The van der Waals surface area contributed by atoms with Crippen molar-refractivity contribution in [3.63, 3.8) is 0 Å². The van der Waals surface area contributed by atoms with Crippen LogP contribution in [0.4, 0.5) is 0 Å². The van der Waals surface area contributed by atoms with Crippen molar-refractivity contribution in [2.45, 2.75) is 115 Å². The largest absolute Gasteiger partial charge is 0.417 e. The molecular formula is C40H58O8Si. The topological polar surface area (TPSA) is 92.7 Å². The van der Waals surface area contributed by atoms with Crippen molar-refractivity contribution < 1.29 is 38.0 Å². The first-order valence-corrected chi connectivity index (χ1v) is 20.8. The Labute approximate surface area is 294 Å². The number of hydrogen-bond donors (Lipinski definition) is 1. The number of aliphatic hydroxyl groups is 1. The van der Waals surface area contributed by atoms with E-state index in [-0.39, 0.29) is 42.0 Å². The normalized spacial score (nSPS) is 31.8. The fourth-order valence-electron chi connectivity index (χ4n) is 7.51. The molecule has 8 nitrogen and oxygen atoms in total. The van der Waals surface area contributed by atoms with Crippen molar-refractivity contribution in [3.8, 4) is 0 Å². The van der Waals surface area contributed by atoms with Crippen LogP contribution < -0.4 is 0 Å². The zero-order chi connectivity index (χ0) is 35.5. The van der Waals surface area contributed by atoms with Crippen molar-refractivity contribution in [1.82, 2.24) is 0 Å². The van der Waals surface area contributed by atoms with Crippen LogP contribution in [0.1, 0.15) is 77.7 Å². The Kier molecular flexibility index (Phi) is 12.1. The molecule has 0 unspecified atom stereocenters. The monoisotopic (exact) mass is 694 g/mol. The maximum absolute atomic E-state index is 14.1. The number of ketones is 1. The highest BCUT2D eigenvalue weighted by Crippen LogP contribution is 2.53. The van der Waals surface area contributed by atoms with Gasteiger partial charge in [-0.1, -0.05) is 107 Å². The molecule has 0 aromatic heterocycles. The molecule has 2 aromatic rings. The van der Waals surface area contributed by atoms with Gasteiger partial charge in [-0.25, -0.2) is 0 Å². The number of methoxy groups -OCH3 is 1. The average molecular weight is 695 g/mol. The Morgan fingerprint density at radius 2 is 1.69 bits per heavy atom. The third kappa shape index (κ3) is 8.31. The molecule has 1 N–H and O–H groups in total. The quantitative estimate of drug-likeness (QED) is 0.137. The summed E-state index contributed by atoms with van der Waals surface area (Å²) in [6.07, 6.45) is 1.48. The van der Waals surface area contributed by atoms with Crippen LogP contribution in [-0.2, 0) is 39.5 Å². The molecule has 2 aromatic carbocycles. The molecule has 0 spiro atoms. The SMILES string of the molecule is COCO[C@H]1C(=O)[C@H](O)C[C@@H]([C@]2(OCc3ccccc3)CO[C@@H](c3ccccc3)O[C@@H]2CCO[Si](C)(C)C(C)(C)C)/C=C2\CC[C@H]1C2(C)C. The molecule has 2 bridgehead atoms. The number of ether oxygens (including phenoxy) is 5. The number of fused-ring (bicyclic) bond motifs is 2. The second-order valence-electron chi connectivity index (χ2n) is 16.1. The van der Waals surface area contributed by atoms with Crippen LogP contribution in [0.15, 0.2) is 72.3 Å². The van der Waals surface area contributed by atoms with Crippen LogP contribution in [0.5, 0.6) is 0 Å². The van der Waals surface area contributed by atoms with Crippen molar-refractivity contribution in [1.29, 1.82) is 0 Å². The zero-order valence-electron chi connectivity index (χ0n) is 30.8. The number of rotatable bonds is 12. The molecule has 0 radical (unpaired) electrons. The third-order valence-electron chi connectivity index (χ3n) is 11.7. The van der Waals surface area contributed by atoms with Gasteiger partial charge in [0.15, 0.2) is 20.4 Å². The molecule has 1 saturated heterocycles. The van der Waals surface area contributed by atoms with E-state index in [1.54, 1.807) is 7.11 Å². The number of hydrogen-bond acceptors (Lipinski definition) is 8. The van der Waals surface area contributed by atoms with Gasteiger partial charge < -0.3 is 33.2 Å². The summed E-state index contributed by atoms with van der Waals surface area (Å²) < 4.78 is 38.7. The van der Waals surface area contributed by atoms with E-state index in [0.717, 1.165) is 24.0 Å². The minimum atomic E-state index is -2.07. The van der Waals surface area contributed by atoms with Crippen LogP contribution in [-0.4, -0.2) is 70.2 Å². The molecule has 270 valence electrons. The third-order valence-corrected chi connectivity index (χ3v) is 16.2. The summed E-state index contributed by atoms with van der Waals surface area (Å²) in [7, 11) is -0.519. The van der Waals surface area contributed by atoms with E-state index in [1.165, 1.54) is 5.57 Å². The van der Waals surface area contributed by atoms with E-state index in [0.29, 0.717) is 19.6 Å². The molecule has 5 rings (SSSR count). The van der Waals surface area contributed by atoms with Gasteiger partial charge in [0.25, 0.3) is 0 Å². The van der Waals surface area contributed by atoms with Crippen molar-refractivity contribution >= 4 is 14.1 Å². The van der Waals surface area contributed by atoms with E-state index in [1.807, 2.05) is 60.7 Å². The van der Waals surface area contributed by atoms with Gasteiger partial charge in [0, 0.05) is 31.1 Å². The second-order valence-corrected chi connectivity index (χ2v) is 20.9. The Balaban J connectivity index is 1.58. The lowest BCUT2D eigenvalue weighted by Gasteiger charge is -2.50. The molecule has 7 atom stereocenters. The zero-order valence-corrected chi connectivity index (χ0v) is 31.8. The number of carbonyl (C=O) groups is 1. The van der Waals surface area contributed by atoms with Gasteiger partial charge in [0.05, 0.1) is 19.3 Å². The number of carbonyl (C=O) groups excluding carboxylic acids is 1. The maximum Gasteiger partial charge on any atom is 0.191 e. The van der Waals surface area contributed by atoms with E-state index in [2.05, 4.69) is 53.8 Å². The van der Waals surface area contributed by atoms with Gasteiger partial charge in [0.2, 0.25) is 0 Å². The lowest BCUT2D eigenvalue weighted by Crippen LogP contribution is -2.60. The van der Waals surface area contributed by atoms with Crippen LogP contribution in [0.3, 0.4) is 0 Å². The van der Waals surface area contributed by atoms with Crippen LogP contribution in [0.25, 0.3) is 0 Å². The van der Waals surface area contributed by atoms with E-state index < -0.39 is 44.4 Å². The highest BCUT2D eigenvalue weighted by molar-refractivity contribution is 6.74. The van der Waals surface area contributed by atoms with Crippen LogP contribution >= 0.6 is 0 Å². The van der Waals surface area contributed by atoms with E-state index in [9.17, 15) is 9.90 Å². The van der Waals surface area contributed by atoms with Crippen molar-refractivity contribution in [3.05, 3.63) is 83.4 Å². The van der Waals surface area contributed by atoms with Crippen molar-refractivity contribution in [2.24, 2.45) is 17.3 Å². The van der Waals surface area contributed by atoms with E-state index >= 15 is 0 Å². The minimum absolute atomic E-state index is 0.0127. The van der Waals surface area contributed by atoms with Crippen LogP contribution in [0.2, 0.25) is 18.1 Å². The molecule has 0 amide bonds. The smallest absolute Gasteiger partial charge is 0.191 e. The molecule has 1 aliphatic heterocycles. The van der Waals surface area contributed by atoms with Gasteiger partial charge in [-0.3, -0.25) is 4.79 Å². The molecule has 9 heteroatoms. The first-order valence-electron chi connectivity index (χ1n) is 17.9.